The molecule has 0 atom stereocenters. The van der Waals surface area contributed by atoms with E-state index in [0.29, 0.717) is 45.9 Å². The van der Waals surface area contributed by atoms with Gasteiger partial charge in [0, 0.05) is 31.7 Å². The van der Waals surface area contributed by atoms with Crippen molar-refractivity contribution in [1.29, 1.82) is 0 Å². The Labute approximate surface area is 255 Å². The van der Waals surface area contributed by atoms with Crippen molar-refractivity contribution in [2.24, 2.45) is 11.8 Å². The van der Waals surface area contributed by atoms with Gasteiger partial charge in [0.15, 0.2) is 17.3 Å². The van der Waals surface area contributed by atoms with Crippen LogP contribution in [0.15, 0.2) is 30.5 Å². The number of carbonyl (C=O) groups is 3. The van der Waals surface area contributed by atoms with Crippen LogP contribution < -0.4 is 20.7 Å². The van der Waals surface area contributed by atoms with Gasteiger partial charge >= 0.3 is 6.10 Å². The van der Waals surface area contributed by atoms with Crippen molar-refractivity contribution in [3.05, 3.63) is 41.0 Å². The Kier molecular flexibility index (Phi) is 9.36. The van der Waals surface area contributed by atoms with Gasteiger partial charge in [-0.05, 0) is 50.2 Å². The molecule has 0 radical (unpaired) electrons. The highest BCUT2D eigenvalue weighted by Gasteiger charge is 2.31. The average Bonchev–Trinajstić information content (AvgIpc) is 3.73. The molecular formula is C28H33N7O8S. The number of likely N-dealkylation sites (tertiary alicyclic amines) is 1. The summed E-state index contributed by atoms with van der Waals surface area (Å²) in [5.41, 5.74) is 0.485. The number of rotatable bonds is 11. The summed E-state index contributed by atoms with van der Waals surface area (Å²) < 4.78 is 5.70. The number of anilines is 3. The lowest BCUT2D eigenvalue weighted by Gasteiger charge is -2.31. The molecule has 3 amide bonds. The quantitative estimate of drug-likeness (QED) is 0.149. The molecule has 2 aromatic heterocycles. The van der Waals surface area contributed by atoms with Crippen LogP contribution in [0.1, 0.15) is 52.3 Å². The van der Waals surface area contributed by atoms with E-state index < -0.39 is 17.7 Å². The molecule has 3 heterocycles. The number of methoxy groups -OCH3 is 1. The Morgan fingerprint density at radius 3 is 2.50 bits per heavy atom. The summed E-state index contributed by atoms with van der Waals surface area (Å²) in [4.78, 5) is 44.9. The van der Waals surface area contributed by atoms with Crippen molar-refractivity contribution in [3.63, 3.8) is 0 Å². The topological polar surface area (TPSA) is 219 Å². The maximum atomic E-state index is 13.2. The normalized spacial score (nSPS) is 15.5. The van der Waals surface area contributed by atoms with E-state index >= 15 is 0 Å². The van der Waals surface area contributed by atoms with Crippen molar-refractivity contribution in [1.82, 2.24) is 25.4 Å². The Bertz CT molecular complexity index is 1530. The summed E-state index contributed by atoms with van der Waals surface area (Å²) in [6.45, 7) is 1.37. The summed E-state index contributed by atoms with van der Waals surface area (Å²) >= 11 is 1.21. The van der Waals surface area contributed by atoms with E-state index in [0.717, 1.165) is 32.1 Å². The third kappa shape index (κ3) is 7.46. The van der Waals surface area contributed by atoms with Crippen molar-refractivity contribution >= 4 is 46.3 Å². The number of carbonyl (C=O) groups excluding carboxylic acids is 3. The third-order valence-electron chi connectivity index (χ3n) is 7.36. The summed E-state index contributed by atoms with van der Waals surface area (Å²) in [5, 5.41) is 52.4. The summed E-state index contributed by atoms with van der Waals surface area (Å²) in [6.07, 6.45) is 1.94. The SMILES string of the molecule is COc1c(Nc2cc(NC(=O)C3CC3)nnc2C(=O)NC(O)(O)O)cccc1-c1ncc(C(=O)N2CCC(CCO)CC2)s1. The minimum absolute atomic E-state index is 0.00269. The standard InChI is InChI=1S/C28H33N7O8S/c1-43-23-17(26-29-14-20(44-26)27(39)35-10-7-15(8-11-35)9-12-36)3-2-4-18(23)30-19-13-21(31-24(37)16-5-6-16)33-34-22(19)25(38)32-28(40,41)42/h2-4,13-16,36,40-42H,5-12H2,1H3,(H,32,38)(H2,30,31,33,37). The number of hydrogen-bond acceptors (Lipinski definition) is 13. The van der Waals surface area contributed by atoms with Crippen LogP contribution in [-0.4, -0.2) is 91.1 Å². The van der Waals surface area contributed by atoms with E-state index in [4.69, 9.17) is 4.74 Å². The molecule has 234 valence electrons. The van der Waals surface area contributed by atoms with E-state index in [9.17, 15) is 34.8 Å². The number of aliphatic hydroxyl groups excluding tert-OH is 1. The van der Waals surface area contributed by atoms with E-state index in [1.165, 1.54) is 30.7 Å². The number of hydrogen-bond donors (Lipinski definition) is 7. The third-order valence-corrected chi connectivity index (χ3v) is 8.38. The van der Waals surface area contributed by atoms with E-state index in [1.54, 1.807) is 28.4 Å². The highest BCUT2D eigenvalue weighted by atomic mass is 32.1. The van der Waals surface area contributed by atoms with Crippen LogP contribution in [0.2, 0.25) is 0 Å². The fourth-order valence-electron chi connectivity index (χ4n) is 4.93. The van der Waals surface area contributed by atoms with Crippen molar-refractivity contribution in [3.8, 4) is 16.3 Å². The maximum absolute atomic E-state index is 13.2. The van der Waals surface area contributed by atoms with Gasteiger partial charge < -0.3 is 40.7 Å². The van der Waals surface area contributed by atoms with E-state index in [2.05, 4.69) is 25.8 Å². The number of aromatic nitrogens is 3. The first kappa shape index (κ1) is 31.2. The molecule has 16 heteroatoms. The first-order chi connectivity index (χ1) is 21.1. The van der Waals surface area contributed by atoms with Crippen LogP contribution >= 0.6 is 11.3 Å². The molecular weight excluding hydrogens is 594 g/mol. The fourth-order valence-corrected chi connectivity index (χ4v) is 5.84. The Balaban J connectivity index is 1.41. The number of piperidine rings is 1. The zero-order valence-corrected chi connectivity index (χ0v) is 24.6. The van der Waals surface area contributed by atoms with Gasteiger partial charge in [-0.2, -0.15) is 0 Å². The number of amides is 3. The Hall–Kier alpha value is -4.22. The predicted molar refractivity (Wildman–Crippen MR) is 158 cm³/mol. The summed E-state index contributed by atoms with van der Waals surface area (Å²) in [7, 11) is 1.44. The average molecular weight is 628 g/mol. The predicted octanol–water partition coefficient (Wildman–Crippen LogP) is 1.25. The zero-order chi connectivity index (χ0) is 31.4. The lowest BCUT2D eigenvalue weighted by Crippen LogP contribution is -2.48. The molecule has 2 aliphatic rings. The van der Waals surface area contributed by atoms with E-state index in [-0.39, 0.29) is 35.8 Å². The molecule has 44 heavy (non-hydrogen) atoms. The van der Waals surface area contributed by atoms with Crippen LogP contribution in [0.25, 0.3) is 10.6 Å². The van der Waals surface area contributed by atoms with Gasteiger partial charge in [-0.1, -0.05) is 6.07 Å². The minimum atomic E-state index is -3.51. The first-order valence-corrected chi connectivity index (χ1v) is 14.9. The van der Waals surface area contributed by atoms with Crippen molar-refractivity contribution in [2.45, 2.75) is 38.2 Å². The molecule has 0 spiro atoms. The van der Waals surface area contributed by atoms with Crippen molar-refractivity contribution in [2.75, 3.05) is 37.4 Å². The van der Waals surface area contributed by atoms with Crippen LogP contribution in [-0.2, 0) is 4.79 Å². The van der Waals surface area contributed by atoms with Crippen molar-refractivity contribution < 1.29 is 39.5 Å². The summed E-state index contributed by atoms with van der Waals surface area (Å²) in [5.74, 6) is -0.888. The highest BCUT2D eigenvalue weighted by molar-refractivity contribution is 7.17. The van der Waals surface area contributed by atoms with E-state index in [1.807, 2.05) is 0 Å². The molecule has 7 N–H and O–H groups in total. The zero-order valence-electron chi connectivity index (χ0n) is 23.8. The second-order valence-electron chi connectivity index (χ2n) is 10.6. The van der Waals surface area contributed by atoms with Gasteiger partial charge in [0.2, 0.25) is 5.91 Å². The van der Waals surface area contributed by atoms with Crippen LogP contribution in [0.3, 0.4) is 0 Å². The molecule has 0 bridgehead atoms. The lowest BCUT2D eigenvalue weighted by atomic mass is 9.94. The molecule has 1 aromatic carbocycles. The number of aliphatic hydroxyl groups is 4. The smallest absolute Gasteiger partial charge is 0.369 e. The van der Waals surface area contributed by atoms with Gasteiger partial charge in [0.05, 0.1) is 30.2 Å². The molecule has 0 unspecified atom stereocenters. The molecule has 1 aliphatic heterocycles. The molecule has 5 rings (SSSR count). The molecule has 1 saturated carbocycles. The second kappa shape index (κ2) is 13.2. The van der Waals surface area contributed by atoms with Gasteiger partial charge in [0.25, 0.3) is 11.8 Å². The maximum Gasteiger partial charge on any atom is 0.369 e. The Morgan fingerprint density at radius 1 is 1.09 bits per heavy atom. The lowest BCUT2D eigenvalue weighted by molar-refractivity contribution is -0.323. The number of para-hydroxylation sites is 1. The number of thiazole rings is 1. The number of nitrogens with one attached hydrogen (secondary N) is 3. The van der Waals surface area contributed by atoms with Gasteiger partial charge in [0.1, 0.15) is 9.88 Å². The van der Waals surface area contributed by atoms with Gasteiger partial charge in [-0.3, -0.25) is 19.7 Å². The first-order valence-electron chi connectivity index (χ1n) is 14.0. The minimum Gasteiger partial charge on any atom is -0.494 e. The Morgan fingerprint density at radius 2 is 1.84 bits per heavy atom. The van der Waals surface area contributed by atoms with Crippen LogP contribution in [0.4, 0.5) is 17.2 Å². The molecule has 15 nitrogen and oxygen atoms in total. The van der Waals surface area contributed by atoms with Crippen LogP contribution in [0, 0.1) is 11.8 Å². The fraction of sp³-hybridized carbons (Fsp3) is 0.429. The second-order valence-corrected chi connectivity index (χ2v) is 11.7. The largest absolute Gasteiger partial charge is 0.494 e. The summed E-state index contributed by atoms with van der Waals surface area (Å²) in [6, 6.07) is 6.46. The van der Waals surface area contributed by atoms with Crippen LogP contribution in [0.5, 0.6) is 5.75 Å². The number of benzene rings is 1. The molecule has 2 fully saturated rings. The monoisotopic (exact) mass is 627 g/mol. The number of nitrogens with zero attached hydrogens (tertiary/aromatic N) is 4. The molecule has 1 saturated heterocycles. The molecule has 1 aliphatic carbocycles. The molecule has 3 aromatic rings. The van der Waals surface area contributed by atoms with Gasteiger partial charge in [-0.15, -0.1) is 21.5 Å². The van der Waals surface area contributed by atoms with Gasteiger partial charge in [-0.25, -0.2) is 4.98 Å². The number of ether oxygens (including phenoxy) is 1. The highest BCUT2D eigenvalue weighted by Crippen LogP contribution is 2.40.